The van der Waals surface area contributed by atoms with Crippen LogP contribution in [0.1, 0.15) is 31.6 Å². The van der Waals surface area contributed by atoms with Crippen LogP contribution in [0.5, 0.6) is 0 Å². The van der Waals surface area contributed by atoms with Crippen LogP contribution in [0.4, 0.5) is 5.82 Å². The second kappa shape index (κ2) is 7.61. The van der Waals surface area contributed by atoms with Gasteiger partial charge in [-0.15, -0.1) is 11.3 Å². The molecule has 1 aliphatic rings. The summed E-state index contributed by atoms with van der Waals surface area (Å²) in [4.78, 5) is 17.9. The van der Waals surface area contributed by atoms with Gasteiger partial charge in [0.15, 0.2) is 0 Å². The van der Waals surface area contributed by atoms with Gasteiger partial charge in [-0.3, -0.25) is 9.10 Å². The molecule has 9 heteroatoms. The minimum Gasteiger partial charge on any atom is -0.305 e. The molecule has 0 aliphatic carbocycles. The summed E-state index contributed by atoms with van der Waals surface area (Å²) in [5.74, 6) is -0.113. The van der Waals surface area contributed by atoms with Crippen molar-refractivity contribution in [3.63, 3.8) is 0 Å². The van der Waals surface area contributed by atoms with Gasteiger partial charge in [0.05, 0.1) is 9.21 Å². The Bertz CT molecular complexity index is 996. The third kappa shape index (κ3) is 3.49. The third-order valence-corrected chi connectivity index (χ3v) is 7.84. The van der Waals surface area contributed by atoms with Crippen molar-refractivity contribution in [2.45, 2.75) is 31.6 Å². The molecule has 27 heavy (non-hydrogen) atoms. The second-order valence-corrected chi connectivity index (χ2v) is 9.78. The highest BCUT2D eigenvalue weighted by molar-refractivity contribution is 7.89. The highest BCUT2D eigenvalue weighted by Crippen LogP contribution is 2.47. The number of halogens is 1. The maximum Gasteiger partial charge on any atom is 0.274 e. The number of nitrogens with one attached hydrogen (secondary N) is 1. The lowest BCUT2D eigenvalue weighted by molar-refractivity contribution is -0.113. The van der Waals surface area contributed by atoms with Gasteiger partial charge < -0.3 is 5.32 Å². The van der Waals surface area contributed by atoms with Crippen molar-refractivity contribution >= 4 is 50.3 Å². The summed E-state index contributed by atoms with van der Waals surface area (Å²) in [5.41, 5.74) is 0.845. The first-order valence-electron chi connectivity index (χ1n) is 8.56. The lowest BCUT2D eigenvalue weighted by Gasteiger charge is -2.32. The summed E-state index contributed by atoms with van der Waals surface area (Å²) in [5, 5.41) is 2.71. The molecule has 0 fully saturated rings. The number of anilines is 1. The Hall–Kier alpha value is -1.90. The van der Waals surface area contributed by atoms with E-state index in [2.05, 4.69) is 10.3 Å². The lowest BCUT2D eigenvalue weighted by atomic mass is 9.90. The first-order valence-corrected chi connectivity index (χ1v) is 11.2. The van der Waals surface area contributed by atoms with Crippen LogP contribution in [-0.4, -0.2) is 30.7 Å². The van der Waals surface area contributed by atoms with Crippen LogP contribution >= 0.6 is 22.9 Å². The number of amides is 1. The van der Waals surface area contributed by atoms with Crippen molar-refractivity contribution in [1.29, 1.82) is 0 Å². The average Bonchev–Trinajstić information content (AvgIpc) is 3.04. The van der Waals surface area contributed by atoms with E-state index in [1.807, 2.05) is 13.8 Å². The van der Waals surface area contributed by atoms with Crippen molar-refractivity contribution in [3.05, 3.63) is 45.4 Å². The Morgan fingerprint density at radius 1 is 1.33 bits per heavy atom. The summed E-state index contributed by atoms with van der Waals surface area (Å²) < 4.78 is 27.4. The van der Waals surface area contributed by atoms with Crippen LogP contribution in [0.25, 0.3) is 5.57 Å². The molecule has 3 heterocycles. The molecule has 2 aromatic heterocycles. The number of thiophene rings is 1. The predicted octanol–water partition coefficient (Wildman–Crippen LogP) is 4.22. The molecule has 1 N–H and O–H groups in total. The first-order chi connectivity index (χ1) is 12.8. The number of carbonyl (C=O) groups is 1. The average molecular weight is 426 g/mol. The molecule has 2 aromatic rings. The summed E-state index contributed by atoms with van der Waals surface area (Å²) in [6.45, 7) is 4.04. The van der Waals surface area contributed by atoms with Crippen LogP contribution in [0.3, 0.4) is 0 Å². The van der Waals surface area contributed by atoms with Crippen molar-refractivity contribution < 1.29 is 13.2 Å². The van der Waals surface area contributed by atoms with E-state index in [0.717, 1.165) is 22.7 Å². The fraction of sp³-hybridized carbons (Fsp3) is 0.333. The smallest absolute Gasteiger partial charge is 0.274 e. The van der Waals surface area contributed by atoms with Crippen molar-refractivity contribution in [2.24, 2.45) is 5.92 Å². The number of fused-ring (bicyclic) bond motifs is 1. The highest BCUT2D eigenvalue weighted by atomic mass is 35.5. The maximum atomic E-state index is 13.1. The van der Waals surface area contributed by atoms with Gasteiger partial charge in [-0.05, 0) is 37.0 Å². The van der Waals surface area contributed by atoms with E-state index >= 15 is 0 Å². The van der Waals surface area contributed by atoms with E-state index < -0.39 is 15.9 Å². The Balaban J connectivity index is 2.22. The summed E-state index contributed by atoms with van der Waals surface area (Å²) in [6.07, 6.45) is 3.11. The molecule has 0 saturated heterocycles. The van der Waals surface area contributed by atoms with Gasteiger partial charge in [0.1, 0.15) is 16.4 Å². The van der Waals surface area contributed by atoms with E-state index in [1.54, 1.807) is 24.4 Å². The monoisotopic (exact) mass is 425 g/mol. The molecule has 0 aromatic carbocycles. The van der Waals surface area contributed by atoms with Crippen LogP contribution in [-0.2, 0) is 14.8 Å². The van der Waals surface area contributed by atoms with Crippen molar-refractivity contribution in [1.82, 2.24) is 9.29 Å². The quantitative estimate of drug-likeness (QED) is 0.777. The Morgan fingerprint density at radius 2 is 2.04 bits per heavy atom. The number of aromatic nitrogens is 1. The van der Waals surface area contributed by atoms with Crippen molar-refractivity contribution in [3.8, 4) is 0 Å². The number of hydrogen-bond acceptors (Lipinski definition) is 5. The van der Waals surface area contributed by atoms with Gasteiger partial charge >= 0.3 is 0 Å². The van der Waals surface area contributed by atoms with E-state index in [4.69, 9.17) is 11.6 Å². The number of allylic oxidation sites excluding steroid dienone is 1. The molecule has 1 amide bonds. The maximum absolute atomic E-state index is 13.1. The van der Waals surface area contributed by atoms with Crippen LogP contribution in [0.15, 0.2) is 41.1 Å². The minimum atomic E-state index is -3.85. The number of rotatable bonds is 5. The second-order valence-electron chi connectivity index (χ2n) is 6.16. The van der Waals surface area contributed by atoms with Crippen LogP contribution in [0, 0.1) is 5.92 Å². The zero-order valence-corrected chi connectivity index (χ0v) is 17.6. The minimum absolute atomic E-state index is 0.0286. The lowest BCUT2D eigenvalue weighted by Crippen LogP contribution is -2.37. The molecular weight excluding hydrogens is 406 g/mol. The van der Waals surface area contributed by atoms with E-state index in [1.165, 1.54) is 24.5 Å². The summed E-state index contributed by atoms with van der Waals surface area (Å²) in [7, 11) is -2.45. The third-order valence-electron chi connectivity index (χ3n) is 4.64. The highest BCUT2D eigenvalue weighted by Gasteiger charge is 2.41. The van der Waals surface area contributed by atoms with Gasteiger partial charge in [0.25, 0.3) is 15.9 Å². The summed E-state index contributed by atoms with van der Waals surface area (Å²) in [6, 6.07) is 6.60. The Kier molecular flexibility index (Phi) is 5.60. The SMILES string of the molecule is CCC(CC)C1=C(C(=O)Nc2ccccn2)N(C)S(=O)(=O)c2cc(Cl)sc21. The van der Waals surface area contributed by atoms with E-state index in [-0.39, 0.29) is 16.5 Å². The molecule has 144 valence electrons. The summed E-state index contributed by atoms with van der Waals surface area (Å²) >= 11 is 7.34. The van der Waals surface area contributed by atoms with Crippen molar-refractivity contribution in [2.75, 3.05) is 12.4 Å². The van der Waals surface area contributed by atoms with Gasteiger partial charge in [-0.1, -0.05) is 31.5 Å². The van der Waals surface area contributed by atoms with Gasteiger partial charge in [-0.2, -0.15) is 0 Å². The zero-order valence-electron chi connectivity index (χ0n) is 15.2. The van der Waals surface area contributed by atoms with Gasteiger partial charge in [0, 0.05) is 18.8 Å². The Labute approximate surface area is 167 Å². The normalized spacial score (nSPS) is 15.8. The van der Waals surface area contributed by atoms with Crippen LogP contribution < -0.4 is 5.32 Å². The number of pyridine rings is 1. The topological polar surface area (TPSA) is 79.4 Å². The molecular formula is C18H20ClN3O3S2. The largest absolute Gasteiger partial charge is 0.305 e. The molecule has 1 aliphatic heterocycles. The van der Waals surface area contributed by atoms with Gasteiger partial charge in [-0.25, -0.2) is 13.4 Å². The molecule has 0 atom stereocenters. The number of hydrogen-bond donors (Lipinski definition) is 1. The van der Waals surface area contributed by atoms with E-state index in [9.17, 15) is 13.2 Å². The number of nitrogens with zero attached hydrogens (tertiary/aromatic N) is 2. The predicted molar refractivity (Wildman–Crippen MR) is 108 cm³/mol. The molecule has 0 unspecified atom stereocenters. The molecule has 0 radical (unpaired) electrons. The fourth-order valence-electron chi connectivity index (χ4n) is 3.22. The molecule has 0 saturated carbocycles. The first kappa shape index (κ1) is 19.9. The molecule has 0 spiro atoms. The van der Waals surface area contributed by atoms with E-state index in [0.29, 0.717) is 15.0 Å². The van der Waals surface area contributed by atoms with Gasteiger partial charge in [0.2, 0.25) is 0 Å². The molecule has 3 rings (SSSR count). The number of sulfonamides is 1. The standard InChI is InChI=1S/C18H20ClN3O3S2/c1-4-11(5-2)15-16(18(23)21-14-8-6-7-9-20-14)22(3)27(24,25)12-10-13(19)26-17(12)15/h6-11H,4-5H2,1-3H3,(H,20,21,23). The van der Waals surface area contributed by atoms with Crippen LogP contribution in [0.2, 0.25) is 4.34 Å². The molecule has 6 nitrogen and oxygen atoms in total. The number of likely N-dealkylation sites (N-methyl/N-ethyl adjacent to an activating group) is 1. The number of carbonyl (C=O) groups excluding carboxylic acids is 1. The molecule has 0 bridgehead atoms. The fourth-order valence-corrected chi connectivity index (χ4v) is 6.38. The zero-order chi connectivity index (χ0) is 19.8. The Morgan fingerprint density at radius 3 is 2.63 bits per heavy atom.